The molecule has 0 aromatic carbocycles. The molecule has 4 nitrogen and oxygen atoms in total. The van der Waals surface area contributed by atoms with E-state index in [-0.39, 0.29) is 5.92 Å². The number of amides is 1. The van der Waals surface area contributed by atoms with E-state index in [9.17, 15) is 4.79 Å². The lowest BCUT2D eigenvalue weighted by Crippen LogP contribution is -2.47. The third-order valence-electron chi connectivity index (χ3n) is 5.48. The van der Waals surface area contributed by atoms with Gasteiger partial charge in [-0.15, -0.1) is 0 Å². The molecular weight excluding hydrogens is 286 g/mol. The Morgan fingerprint density at radius 3 is 2.78 bits per heavy atom. The Morgan fingerprint density at radius 1 is 1.26 bits per heavy atom. The molecule has 126 valence electrons. The van der Waals surface area contributed by atoms with Crippen LogP contribution in [0.5, 0.6) is 0 Å². The van der Waals surface area contributed by atoms with Crippen molar-refractivity contribution in [2.24, 2.45) is 11.8 Å². The molecule has 0 saturated carbocycles. The first-order chi connectivity index (χ1) is 11.3. The molecule has 1 amide bonds. The van der Waals surface area contributed by atoms with Crippen LogP contribution in [0.25, 0.3) is 0 Å². The second-order valence-corrected chi connectivity index (χ2v) is 7.07. The van der Waals surface area contributed by atoms with Gasteiger partial charge in [-0.2, -0.15) is 0 Å². The zero-order valence-corrected chi connectivity index (χ0v) is 14.3. The van der Waals surface area contributed by atoms with Crippen molar-refractivity contribution in [3.05, 3.63) is 30.1 Å². The Labute approximate surface area is 139 Å². The van der Waals surface area contributed by atoms with Crippen LogP contribution >= 0.6 is 0 Å². The number of pyridine rings is 1. The molecule has 3 heterocycles. The zero-order valence-electron chi connectivity index (χ0n) is 14.3. The van der Waals surface area contributed by atoms with Crippen molar-refractivity contribution in [1.82, 2.24) is 14.8 Å². The van der Waals surface area contributed by atoms with Gasteiger partial charge in [-0.25, -0.2) is 0 Å². The van der Waals surface area contributed by atoms with E-state index in [0.29, 0.717) is 11.8 Å². The van der Waals surface area contributed by atoms with Crippen molar-refractivity contribution >= 4 is 5.91 Å². The Bertz CT molecular complexity index is 497. The molecule has 1 aromatic heterocycles. The fourth-order valence-corrected chi connectivity index (χ4v) is 4.01. The molecule has 3 rings (SSSR count). The number of carbonyl (C=O) groups excluding carboxylic acids is 1. The minimum atomic E-state index is 0.235. The average molecular weight is 315 g/mol. The summed E-state index contributed by atoms with van der Waals surface area (Å²) in [7, 11) is 0. The summed E-state index contributed by atoms with van der Waals surface area (Å²) in [6.45, 7) is 7.25. The summed E-state index contributed by atoms with van der Waals surface area (Å²) < 4.78 is 0. The molecule has 0 bridgehead atoms. The first-order valence-electron chi connectivity index (χ1n) is 9.16. The van der Waals surface area contributed by atoms with E-state index in [2.05, 4.69) is 27.8 Å². The molecule has 23 heavy (non-hydrogen) atoms. The second-order valence-electron chi connectivity index (χ2n) is 7.07. The molecule has 0 spiro atoms. The van der Waals surface area contributed by atoms with E-state index in [4.69, 9.17) is 0 Å². The van der Waals surface area contributed by atoms with Gasteiger partial charge in [0.15, 0.2) is 0 Å². The van der Waals surface area contributed by atoms with E-state index >= 15 is 0 Å². The van der Waals surface area contributed by atoms with Gasteiger partial charge >= 0.3 is 0 Å². The topological polar surface area (TPSA) is 36.4 Å². The molecule has 2 saturated heterocycles. The molecular formula is C19H29N3O. The van der Waals surface area contributed by atoms with Gasteiger partial charge in [0.25, 0.3) is 0 Å². The molecule has 2 fully saturated rings. The number of hydrogen-bond donors (Lipinski definition) is 0. The van der Waals surface area contributed by atoms with Crippen molar-refractivity contribution in [3.63, 3.8) is 0 Å². The number of hydrogen-bond acceptors (Lipinski definition) is 3. The van der Waals surface area contributed by atoms with E-state index < -0.39 is 0 Å². The summed E-state index contributed by atoms with van der Waals surface area (Å²) in [5.41, 5.74) is 1.32. The summed E-state index contributed by atoms with van der Waals surface area (Å²) in [5, 5.41) is 0. The van der Waals surface area contributed by atoms with Crippen LogP contribution in [0.15, 0.2) is 24.5 Å². The van der Waals surface area contributed by atoms with Crippen molar-refractivity contribution in [2.75, 3.05) is 32.7 Å². The molecule has 2 aliphatic heterocycles. The first kappa shape index (κ1) is 16.4. The molecule has 4 heteroatoms. The molecule has 0 N–H and O–H groups in total. The van der Waals surface area contributed by atoms with Gasteiger partial charge in [-0.3, -0.25) is 9.78 Å². The lowest BCUT2D eigenvalue weighted by Gasteiger charge is -2.37. The number of rotatable bonds is 4. The van der Waals surface area contributed by atoms with Gasteiger partial charge in [-0.1, -0.05) is 13.0 Å². The third-order valence-corrected chi connectivity index (χ3v) is 5.48. The number of piperidine rings is 2. The SMILES string of the molecule is CCN1CCCC(C(=O)N2CCC(Cc3cccnc3)CC2)C1. The Kier molecular flexibility index (Phi) is 5.65. The van der Waals surface area contributed by atoms with E-state index in [1.165, 1.54) is 12.0 Å². The van der Waals surface area contributed by atoms with Crippen LogP contribution in [0.2, 0.25) is 0 Å². The van der Waals surface area contributed by atoms with E-state index in [1.54, 1.807) is 0 Å². The molecule has 0 aliphatic carbocycles. The number of likely N-dealkylation sites (tertiary alicyclic amines) is 2. The zero-order chi connectivity index (χ0) is 16.1. The molecule has 1 aromatic rings. The summed E-state index contributed by atoms with van der Waals surface area (Å²) >= 11 is 0. The molecule has 1 unspecified atom stereocenters. The van der Waals surface area contributed by atoms with Crippen molar-refractivity contribution in [3.8, 4) is 0 Å². The van der Waals surface area contributed by atoms with Gasteiger partial charge < -0.3 is 9.80 Å². The van der Waals surface area contributed by atoms with Crippen LogP contribution in [0.4, 0.5) is 0 Å². The van der Waals surface area contributed by atoms with Crippen LogP contribution in [0.3, 0.4) is 0 Å². The summed E-state index contributed by atoms with van der Waals surface area (Å²) in [5.74, 6) is 1.34. The summed E-state index contributed by atoms with van der Waals surface area (Å²) in [4.78, 5) is 21.5. The Hall–Kier alpha value is -1.42. The Morgan fingerprint density at radius 2 is 2.09 bits per heavy atom. The van der Waals surface area contributed by atoms with Crippen LogP contribution < -0.4 is 0 Å². The smallest absolute Gasteiger partial charge is 0.226 e. The van der Waals surface area contributed by atoms with E-state index in [0.717, 1.165) is 58.4 Å². The minimum Gasteiger partial charge on any atom is -0.342 e. The number of carbonyl (C=O) groups is 1. The van der Waals surface area contributed by atoms with E-state index in [1.807, 2.05) is 18.5 Å². The maximum atomic E-state index is 12.8. The first-order valence-corrected chi connectivity index (χ1v) is 9.16. The predicted octanol–water partition coefficient (Wildman–Crippen LogP) is 2.59. The standard InChI is InChI=1S/C19H29N3O/c1-2-21-10-4-6-18(15-21)19(23)22-11-7-16(8-12-22)13-17-5-3-9-20-14-17/h3,5,9,14,16,18H,2,4,6-8,10-13,15H2,1H3. The summed E-state index contributed by atoms with van der Waals surface area (Å²) in [6, 6.07) is 4.17. The van der Waals surface area contributed by atoms with Gasteiger partial charge in [0.05, 0.1) is 5.92 Å². The third kappa shape index (κ3) is 4.31. The van der Waals surface area contributed by atoms with Crippen LogP contribution in [-0.2, 0) is 11.2 Å². The second kappa shape index (κ2) is 7.91. The highest BCUT2D eigenvalue weighted by Gasteiger charge is 2.31. The lowest BCUT2D eigenvalue weighted by atomic mass is 9.89. The van der Waals surface area contributed by atoms with Gasteiger partial charge in [0, 0.05) is 32.0 Å². The van der Waals surface area contributed by atoms with Crippen LogP contribution in [0, 0.1) is 11.8 Å². The van der Waals surface area contributed by atoms with Crippen molar-refractivity contribution in [1.29, 1.82) is 0 Å². The van der Waals surface area contributed by atoms with Crippen LogP contribution in [0.1, 0.15) is 38.2 Å². The lowest BCUT2D eigenvalue weighted by molar-refractivity contribution is -0.138. The maximum Gasteiger partial charge on any atom is 0.226 e. The fraction of sp³-hybridized carbons (Fsp3) is 0.684. The molecule has 0 radical (unpaired) electrons. The summed E-state index contributed by atoms with van der Waals surface area (Å²) in [6.07, 6.45) is 9.40. The molecule has 2 aliphatic rings. The minimum absolute atomic E-state index is 0.235. The van der Waals surface area contributed by atoms with Gasteiger partial charge in [-0.05, 0) is 62.7 Å². The Balaban J connectivity index is 1.47. The molecule has 1 atom stereocenters. The number of nitrogens with zero attached hydrogens (tertiary/aromatic N) is 3. The highest BCUT2D eigenvalue weighted by Crippen LogP contribution is 2.25. The number of aromatic nitrogens is 1. The van der Waals surface area contributed by atoms with Crippen molar-refractivity contribution in [2.45, 2.75) is 39.0 Å². The van der Waals surface area contributed by atoms with Gasteiger partial charge in [0.2, 0.25) is 5.91 Å². The highest BCUT2D eigenvalue weighted by molar-refractivity contribution is 5.79. The highest BCUT2D eigenvalue weighted by atomic mass is 16.2. The fourth-order valence-electron chi connectivity index (χ4n) is 4.01. The normalized spacial score (nSPS) is 23.9. The predicted molar refractivity (Wildman–Crippen MR) is 92.1 cm³/mol. The quantitative estimate of drug-likeness (QED) is 0.857. The van der Waals surface area contributed by atoms with Gasteiger partial charge in [0.1, 0.15) is 0 Å². The van der Waals surface area contributed by atoms with Crippen LogP contribution in [-0.4, -0.2) is 53.4 Å². The monoisotopic (exact) mass is 315 g/mol. The van der Waals surface area contributed by atoms with Crippen molar-refractivity contribution < 1.29 is 4.79 Å². The maximum absolute atomic E-state index is 12.8. The average Bonchev–Trinajstić information content (AvgIpc) is 2.63. The largest absolute Gasteiger partial charge is 0.342 e.